The summed E-state index contributed by atoms with van der Waals surface area (Å²) in [6.07, 6.45) is 3.83. The first-order valence-electron chi connectivity index (χ1n) is 7.63. The minimum absolute atomic E-state index is 0.353. The molecule has 110 valence electrons. The summed E-state index contributed by atoms with van der Waals surface area (Å²) in [7, 11) is 0. The number of nitrogen functional groups attached to an aromatic ring is 1. The van der Waals surface area contributed by atoms with Crippen molar-refractivity contribution in [3.63, 3.8) is 0 Å². The number of hydrogen-bond donors (Lipinski definition) is 2. The standard InChI is InChI=1S/C14H24N6/c1-2-5-16-12-10-13(18-14(15)17-12)20-8-6-19(7-9-20)11-3-4-11/h10-11H,2-9H2,1H3,(H3,15,16,17,18). The normalized spacial score (nSPS) is 20.1. The molecule has 6 heteroatoms. The molecule has 0 aromatic carbocycles. The van der Waals surface area contributed by atoms with Gasteiger partial charge in [-0.05, 0) is 19.3 Å². The van der Waals surface area contributed by atoms with Crippen LogP contribution in [0.3, 0.4) is 0 Å². The molecule has 0 unspecified atom stereocenters. The Morgan fingerprint density at radius 3 is 2.65 bits per heavy atom. The lowest BCUT2D eigenvalue weighted by Crippen LogP contribution is -2.47. The van der Waals surface area contributed by atoms with E-state index in [0.717, 1.165) is 56.8 Å². The molecule has 3 rings (SSSR count). The van der Waals surface area contributed by atoms with Crippen molar-refractivity contribution in [3.8, 4) is 0 Å². The van der Waals surface area contributed by atoms with Crippen LogP contribution >= 0.6 is 0 Å². The van der Waals surface area contributed by atoms with E-state index in [-0.39, 0.29) is 0 Å². The summed E-state index contributed by atoms with van der Waals surface area (Å²) in [6, 6.07) is 2.87. The van der Waals surface area contributed by atoms with Crippen molar-refractivity contribution in [2.24, 2.45) is 0 Å². The van der Waals surface area contributed by atoms with Crippen LogP contribution in [0.4, 0.5) is 17.6 Å². The molecule has 0 atom stereocenters. The molecule has 2 fully saturated rings. The molecule has 1 saturated heterocycles. The van der Waals surface area contributed by atoms with E-state index >= 15 is 0 Å². The van der Waals surface area contributed by atoms with Crippen molar-refractivity contribution in [2.45, 2.75) is 32.2 Å². The average molecular weight is 276 g/mol. The van der Waals surface area contributed by atoms with Gasteiger partial charge in [-0.15, -0.1) is 0 Å². The first kappa shape index (κ1) is 13.4. The number of anilines is 3. The lowest BCUT2D eigenvalue weighted by molar-refractivity contribution is 0.247. The molecule has 1 aliphatic heterocycles. The predicted octanol–water partition coefficient (Wildman–Crippen LogP) is 1.17. The van der Waals surface area contributed by atoms with E-state index in [2.05, 4.69) is 32.0 Å². The summed E-state index contributed by atoms with van der Waals surface area (Å²) in [4.78, 5) is 13.5. The fourth-order valence-electron chi connectivity index (χ4n) is 2.71. The Morgan fingerprint density at radius 2 is 2.00 bits per heavy atom. The minimum Gasteiger partial charge on any atom is -0.370 e. The highest BCUT2D eigenvalue weighted by Crippen LogP contribution is 2.28. The van der Waals surface area contributed by atoms with Gasteiger partial charge in [0.05, 0.1) is 0 Å². The van der Waals surface area contributed by atoms with E-state index in [1.54, 1.807) is 0 Å². The molecule has 1 saturated carbocycles. The van der Waals surface area contributed by atoms with E-state index in [0.29, 0.717) is 5.95 Å². The van der Waals surface area contributed by atoms with Crippen LogP contribution in [0.2, 0.25) is 0 Å². The van der Waals surface area contributed by atoms with Gasteiger partial charge in [0.15, 0.2) is 0 Å². The van der Waals surface area contributed by atoms with Gasteiger partial charge in [0.1, 0.15) is 11.6 Å². The highest BCUT2D eigenvalue weighted by atomic mass is 15.3. The Kier molecular flexibility index (Phi) is 3.91. The fourth-order valence-corrected chi connectivity index (χ4v) is 2.71. The molecular formula is C14H24N6. The van der Waals surface area contributed by atoms with Gasteiger partial charge >= 0.3 is 0 Å². The second-order valence-electron chi connectivity index (χ2n) is 5.65. The summed E-state index contributed by atoms with van der Waals surface area (Å²) in [5, 5.41) is 3.28. The van der Waals surface area contributed by atoms with Gasteiger partial charge in [-0.2, -0.15) is 9.97 Å². The van der Waals surface area contributed by atoms with Crippen LogP contribution in [-0.2, 0) is 0 Å². The Morgan fingerprint density at radius 1 is 1.25 bits per heavy atom. The van der Waals surface area contributed by atoms with Crippen LogP contribution in [0, 0.1) is 0 Å². The maximum atomic E-state index is 5.82. The number of nitrogens with two attached hydrogens (primary N) is 1. The van der Waals surface area contributed by atoms with E-state index in [9.17, 15) is 0 Å². The fraction of sp³-hybridized carbons (Fsp3) is 0.714. The number of piperazine rings is 1. The largest absolute Gasteiger partial charge is 0.370 e. The summed E-state index contributed by atoms with van der Waals surface area (Å²) in [5.74, 6) is 2.14. The number of rotatable bonds is 5. The Bertz CT molecular complexity index is 451. The summed E-state index contributed by atoms with van der Waals surface area (Å²) >= 11 is 0. The third kappa shape index (κ3) is 3.12. The maximum Gasteiger partial charge on any atom is 0.223 e. The highest BCUT2D eigenvalue weighted by Gasteiger charge is 2.31. The Hall–Kier alpha value is -1.56. The van der Waals surface area contributed by atoms with Crippen molar-refractivity contribution < 1.29 is 0 Å². The van der Waals surface area contributed by atoms with Crippen molar-refractivity contribution >= 4 is 17.6 Å². The van der Waals surface area contributed by atoms with Crippen LogP contribution in [0.25, 0.3) is 0 Å². The molecule has 0 spiro atoms. The first-order valence-corrected chi connectivity index (χ1v) is 7.63. The van der Waals surface area contributed by atoms with Gasteiger partial charge in [0.25, 0.3) is 0 Å². The monoisotopic (exact) mass is 276 g/mol. The molecule has 0 amide bonds. The third-order valence-corrected chi connectivity index (χ3v) is 3.99. The van der Waals surface area contributed by atoms with Crippen molar-refractivity contribution in [1.29, 1.82) is 0 Å². The number of hydrogen-bond acceptors (Lipinski definition) is 6. The summed E-state index contributed by atoms with van der Waals surface area (Å²) in [5.41, 5.74) is 5.82. The first-order chi connectivity index (χ1) is 9.76. The van der Waals surface area contributed by atoms with E-state index < -0.39 is 0 Å². The smallest absolute Gasteiger partial charge is 0.223 e. The molecule has 2 heterocycles. The Labute approximate surface area is 120 Å². The SMILES string of the molecule is CCCNc1cc(N2CCN(C3CC3)CC2)nc(N)n1. The van der Waals surface area contributed by atoms with Crippen LogP contribution in [0.1, 0.15) is 26.2 Å². The van der Waals surface area contributed by atoms with Crippen molar-refractivity contribution in [2.75, 3.05) is 48.7 Å². The van der Waals surface area contributed by atoms with Crippen molar-refractivity contribution in [3.05, 3.63) is 6.07 Å². The lowest BCUT2D eigenvalue weighted by atomic mass is 10.3. The Balaban J connectivity index is 1.65. The molecule has 0 bridgehead atoms. The van der Waals surface area contributed by atoms with Crippen LogP contribution < -0.4 is 16.0 Å². The number of aromatic nitrogens is 2. The molecule has 20 heavy (non-hydrogen) atoms. The van der Waals surface area contributed by atoms with Gasteiger partial charge < -0.3 is 16.0 Å². The zero-order chi connectivity index (χ0) is 13.9. The highest BCUT2D eigenvalue weighted by molar-refractivity contribution is 5.52. The van der Waals surface area contributed by atoms with Gasteiger partial charge in [-0.3, -0.25) is 4.90 Å². The van der Waals surface area contributed by atoms with E-state index in [1.165, 1.54) is 12.8 Å². The van der Waals surface area contributed by atoms with Crippen molar-refractivity contribution in [1.82, 2.24) is 14.9 Å². The molecule has 1 aliphatic carbocycles. The van der Waals surface area contributed by atoms with Crippen LogP contribution in [-0.4, -0.2) is 53.6 Å². The van der Waals surface area contributed by atoms with Crippen LogP contribution in [0.5, 0.6) is 0 Å². The van der Waals surface area contributed by atoms with Gasteiger partial charge in [-0.1, -0.05) is 6.92 Å². The van der Waals surface area contributed by atoms with Gasteiger partial charge in [0.2, 0.25) is 5.95 Å². The van der Waals surface area contributed by atoms with Gasteiger partial charge in [0, 0.05) is 44.8 Å². The van der Waals surface area contributed by atoms with Crippen LogP contribution in [0.15, 0.2) is 6.07 Å². The topological polar surface area (TPSA) is 70.3 Å². The van der Waals surface area contributed by atoms with E-state index in [4.69, 9.17) is 5.73 Å². The molecule has 2 aliphatic rings. The van der Waals surface area contributed by atoms with Gasteiger partial charge in [-0.25, -0.2) is 0 Å². The average Bonchev–Trinajstić information content (AvgIpc) is 3.29. The lowest BCUT2D eigenvalue weighted by Gasteiger charge is -2.35. The summed E-state index contributed by atoms with van der Waals surface area (Å²) in [6.45, 7) is 7.36. The zero-order valence-electron chi connectivity index (χ0n) is 12.2. The molecule has 6 nitrogen and oxygen atoms in total. The van der Waals surface area contributed by atoms with E-state index in [1.807, 2.05) is 6.07 Å². The maximum absolute atomic E-state index is 5.82. The molecular weight excluding hydrogens is 252 g/mol. The predicted molar refractivity (Wildman–Crippen MR) is 82.0 cm³/mol. The minimum atomic E-state index is 0.353. The molecule has 0 radical (unpaired) electrons. The molecule has 3 N–H and O–H groups in total. The summed E-state index contributed by atoms with van der Waals surface area (Å²) < 4.78 is 0. The second kappa shape index (κ2) is 5.83. The number of nitrogens with zero attached hydrogens (tertiary/aromatic N) is 4. The number of nitrogens with one attached hydrogen (secondary N) is 1. The second-order valence-corrected chi connectivity index (χ2v) is 5.65. The quantitative estimate of drug-likeness (QED) is 0.841. The third-order valence-electron chi connectivity index (χ3n) is 3.99. The zero-order valence-corrected chi connectivity index (χ0v) is 12.2. The molecule has 1 aromatic heterocycles. The molecule has 1 aromatic rings.